The van der Waals surface area contributed by atoms with Crippen molar-refractivity contribution in [2.75, 3.05) is 7.05 Å². The van der Waals surface area contributed by atoms with Gasteiger partial charge in [0.2, 0.25) is 6.23 Å². The lowest BCUT2D eigenvalue weighted by atomic mass is 10.2. The Morgan fingerprint density at radius 3 is 2.71 bits per heavy atom. The maximum Gasteiger partial charge on any atom is 0.354 e. The highest BCUT2D eigenvalue weighted by atomic mass is 16.3. The molecule has 0 aliphatic carbocycles. The molecule has 14 heavy (non-hydrogen) atoms. The van der Waals surface area contributed by atoms with E-state index in [2.05, 4.69) is 5.32 Å². The Balaban J connectivity index is 2.38. The number of nitrogens with two attached hydrogens (primary N) is 1. The van der Waals surface area contributed by atoms with Crippen LogP contribution in [-0.4, -0.2) is 24.3 Å². The van der Waals surface area contributed by atoms with Crippen molar-refractivity contribution in [3.8, 4) is 0 Å². The van der Waals surface area contributed by atoms with Gasteiger partial charge in [-0.3, -0.25) is 10.6 Å². The van der Waals surface area contributed by atoms with Crippen LogP contribution in [0.5, 0.6) is 0 Å². The maximum atomic E-state index is 11.2. The predicted octanol–water partition coefficient (Wildman–Crippen LogP) is -1.19. The molecule has 76 valence electrons. The Hall–Kier alpha value is -1.23. The number of quaternary nitrogens is 1. The third kappa shape index (κ3) is 3.26. The standard InChI is InChI=1S/C10H14N2O2/c1-11-9(13)10(14)12-7-8-5-3-2-4-6-8/h2-6,9,11,13H,7H2,1H3,(H,12,14)/p+1. The number of aliphatic hydroxyl groups is 1. The van der Waals surface area contributed by atoms with Gasteiger partial charge < -0.3 is 5.11 Å². The smallest absolute Gasteiger partial charge is 0.354 e. The summed E-state index contributed by atoms with van der Waals surface area (Å²) in [5.74, 6) is -0.295. The summed E-state index contributed by atoms with van der Waals surface area (Å²) in [4.78, 5) is 11.2. The molecule has 0 saturated carbocycles. The average Bonchev–Trinajstić information content (AvgIpc) is 2.26. The van der Waals surface area contributed by atoms with Gasteiger partial charge >= 0.3 is 5.91 Å². The van der Waals surface area contributed by atoms with E-state index in [1.807, 2.05) is 30.3 Å². The fourth-order valence-electron chi connectivity index (χ4n) is 1.09. The maximum absolute atomic E-state index is 11.2. The van der Waals surface area contributed by atoms with Crippen LogP contribution in [-0.2, 0) is 11.3 Å². The SMILES string of the molecule is CNC(O)C(=O)[NH2+]Cc1ccccc1. The summed E-state index contributed by atoms with van der Waals surface area (Å²) in [7, 11) is 1.54. The monoisotopic (exact) mass is 195 g/mol. The van der Waals surface area contributed by atoms with E-state index in [1.54, 1.807) is 7.05 Å². The first-order valence-corrected chi connectivity index (χ1v) is 4.50. The zero-order chi connectivity index (χ0) is 10.4. The van der Waals surface area contributed by atoms with Crippen molar-refractivity contribution in [3.63, 3.8) is 0 Å². The van der Waals surface area contributed by atoms with Crippen LogP contribution in [0.1, 0.15) is 5.56 Å². The number of carbonyl (C=O) groups excluding carboxylic acids is 1. The summed E-state index contributed by atoms with van der Waals surface area (Å²) < 4.78 is 0. The molecule has 0 heterocycles. The Kier molecular flexibility index (Phi) is 4.25. The van der Waals surface area contributed by atoms with E-state index in [4.69, 9.17) is 5.11 Å². The second-order valence-corrected chi connectivity index (χ2v) is 2.99. The highest BCUT2D eigenvalue weighted by Crippen LogP contribution is 1.94. The molecule has 0 aliphatic heterocycles. The summed E-state index contributed by atoms with van der Waals surface area (Å²) in [5, 5.41) is 13.1. The summed E-state index contributed by atoms with van der Waals surface area (Å²) in [5.41, 5.74) is 1.06. The third-order valence-corrected chi connectivity index (χ3v) is 1.92. The Bertz CT molecular complexity index is 287. The van der Waals surface area contributed by atoms with Gasteiger partial charge in [-0.2, -0.15) is 0 Å². The van der Waals surface area contributed by atoms with Crippen molar-refractivity contribution in [2.24, 2.45) is 0 Å². The molecule has 0 aliphatic rings. The fourth-order valence-corrected chi connectivity index (χ4v) is 1.09. The van der Waals surface area contributed by atoms with E-state index in [9.17, 15) is 4.79 Å². The molecule has 0 saturated heterocycles. The molecule has 1 unspecified atom stereocenters. The third-order valence-electron chi connectivity index (χ3n) is 1.92. The normalized spacial score (nSPS) is 12.4. The molecule has 4 nitrogen and oxygen atoms in total. The average molecular weight is 195 g/mol. The first-order chi connectivity index (χ1) is 6.74. The molecule has 1 aromatic carbocycles. The van der Waals surface area contributed by atoms with Gasteiger partial charge in [0.05, 0.1) is 0 Å². The quantitative estimate of drug-likeness (QED) is 0.529. The van der Waals surface area contributed by atoms with Crippen LogP contribution in [0.4, 0.5) is 0 Å². The van der Waals surface area contributed by atoms with Crippen molar-refractivity contribution >= 4 is 5.91 Å². The van der Waals surface area contributed by atoms with E-state index in [-0.39, 0.29) is 5.91 Å². The summed E-state index contributed by atoms with van der Waals surface area (Å²) >= 11 is 0. The second kappa shape index (κ2) is 5.49. The van der Waals surface area contributed by atoms with Crippen molar-refractivity contribution in [3.05, 3.63) is 35.9 Å². The molecule has 4 heteroatoms. The minimum atomic E-state index is -1.08. The number of aliphatic hydroxyl groups excluding tert-OH is 1. The van der Waals surface area contributed by atoms with Gasteiger partial charge in [-0.1, -0.05) is 30.3 Å². The van der Waals surface area contributed by atoms with Gasteiger partial charge in [0.25, 0.3) is 0 Å². The molecular weight excluding hydrogens is 180 g/mol. The number of primary amides is 1. The molecule has 1 atom stereocenters. The van der Waals surface area contributed by atoms with Crippen LogP contribution >= 0.6 is 0 Å². The lowest BCUT2D eigenvalue weighted by molar-refractivity contribution is -0.588. The molecular formula is C10H15N2O2+. The largest absolute Gasteiger partial charge is 0.367 e. The van der Waals surface area contributed by atoms with Gasteiger partial charge in [-0.25, -0.2) is 4.79 Å². The first kappa shape index (κ1) is 10.8. The number of carbonyl (C=O) groups is 1. The molecule has 0 radical (unpaired) electrons. The zero-order valence-electron chi connectivity index (χ0n) is 8.10. The van der Waals surface area contributed by atoms with Gasteiger partial charge in [0.15, 0.2) is 0 Å². The summed E-state index contributed by atoms with van der Waals surface area (Å²) in [6, 6.07) is 9.64. The highest BCUT2D eigenvalue weighted by molar-refractivity contribution is 5.69. The minimum Gasteiger partial charge on any atom is -0.367 e. The Labute approximate surface area is 82.9 Å². The lowest BCUT2D eigenvalue weighted by Crippen LogP contribution is -2.89. The molecule has 1 aromatic rings. The number of hydrogen-bond donors (Lipinski definition) is 3. The van der Waals surface area contributed by atoms with Crippen LogP contribution in [0.25, 0.3) is 0 Å². The number of nitrogens with one attached hydrogen (secondary N) is 1. The topological polar surface area (TPSA) is 65.9 Å². The second-order valence-electron chi connectivity index (χ2n) is 2.99. The van der Waals surface area contributed by atoms with Crippen LogP contribution < -0.4 is 10.6 Å². The van der Waals surface area contributed by atoms with Crippen molar-refractivity contribution in [1.82, 2.24) is 5.32 Å². The molecule has 0 aromatic heterocycles. The van der Waals surface area contributed by atoms with E-state index in [0.29, 0.717) is 6.54 Å². The minimum absolute atomic E-state index is 0.295. The van der Waals surface area contributed by atoms with Crippen molar-refractivity contribution in [1.29, 1.82) is 0 Å². The van der Waals surface area contributed by atoms with E-state index >= 15 is 0 Å². The molecule has 0 fully saturated rings. The van der Waals surface area contributed by atoms with Gasteiger partial charge in [-0.05, 0) is 7.05 Å². The first-order valence-electron chi connectivity index (χ1n) is 4.50. The molecule has 4 N–H and O–H groups in total. The van der Waals surface area contributed by atoms with E-state index in [0.717, 1.165) is 5.56 Å². The zero-order valence-corrected chi connectivity index (χ0v) is 8.10. The van der Waals surface area contributed by atoms with Crippen molar-refractivity contribution in [2.45, 2.75) is 12.8 Å². The van der Waals surface area contributed by atoms with Gasteiger partial charge in [0, 0.05) is 5.56 Å². The van der Waals surface area contributed by atoms with Crippen molar-refractivity contribution < 1.29 is 15.2 Å². The highest BCUT2D eigenvalue weighted by Gasteiger charge is 2.15. The predicted molar refractivity (Wildman–Crippen MR) is 52.1 cm³/mol. The number of rotatable bonds is 4. The fraction of sp³-hybridized carbons (Fsp3) is 0.300. The molecule has 0 bridgehead atoms. The Morgan fingerprint density at radius 2 is 2.14 bits per heavy atom. The summed E-state index contributed by atoms with van der Waals surface area (Å²) in [6.45, 7) is 0.554. The van der Waals surface area contributed by atoms with E-state index < -0.39 is 6.23 Å². The summed E-state index contributed by atoms with van der Waals surface area (Å²) in [6.07, 6.45) is -1.08. The molecule has 0 spiro atoms. The van der Waals surface area contributed by atoms with Crippen LogP contribution in [0.3, 0.4) is 0 Å². The lowest BCUT2D eigenvalue weighted by Gasteiger charge is -2.05. The Morgan fingerprint density at radius 1 is 1.50 bits per heavy atom. The van der Waals surface area contributed by atoms with Crippen LogP contribution in [0.15, 0.2) is 30.3 Å². The van der Waals surface area contributed by atoms with Crippen LogP contribution in [0, 0.1) is 0 Å². The molecule has 1 amide bonds. The molecule has 1 rings (SSSR count). The van der Waals surface area contributed by atoms with Crippen LogP contribution in [0.2, 0.25) is 0 Å². The number of likely N-dealkylation sites (N-methyl/N-ethyl adjacent to an activating group) is 1. The van der Waals surface area contributed by atoms with E-state index in [1.165, 1.54) is 5.32 Å². The number of benzene rings is 1. The van der Waals surface area contributed by atoms with Gasteiger partial charge in [0.1, 0.15) is 6.54 Å². The number of hydrogen-bond acceptors (Lipinski definition) is 3. The van der Waals surface area contributed by atoms with Gasteiger partial charge in [-0.15, -0.1) is 0 Å². The number of amides is 1.